The number of nitrogens with zero attached hydrogens (tertiary/aromatic N) is 3. The van der Waals surface area contributed by atoms with Crippen LogP contribution in [0.5, 0.6) is 11.5 Å². The first-order valence-electron chi connectivity index (χ1n) is 9.80. The van der Waals surface area contributed by atoms with Crippen molar-refractivity contribution in [1.82, 2.24) is 14.5 Å². The molecule has 32 heavy (non-hydrogen) atoms. The van der Waals surface area contributed by atoms with Crippen LogP contribution in [0.3, 0.4) is 0 Å². The van der Waals surface area contributed by atoms with Crippen molar-refractivity contribution in [3.8, 4) is 22.1 Å². The maximum Gasteiger partial charge on any atom is 0.349 e. The summed E-state index contributed by atoms with van der Waals surface area (Å²) < 4.78 is 17.8. The molecule has 0 atom stereocenters. The van der Waals surface area contributed by atoms with Crippen molar-refractivity contribution in [3.63, 3.8) is 0 Å². The quantitative estimate of drug-likeness (QED) is 0.373. The van der Waals surface area contributed by atoms with E-state index in [1.807, 2.05) is 30.5 Å². The lowest BCUT2D eigenvalue weighted by Gasteiger charge is -2.09. The standard InChI is InChI=1S/C22H21N3O5S2/c1-5-29-15-7-6-13(8-16(15)28-4)19-24-14(10-31-19)9-30-22(27)18-12(2)17-20(32-18)23-11-25(3)21(17)26/h6-8,10-11H,5,9H2,1-4H3. The van der Waals surface area contributed by atoms with Crippen LogP contribution in [-0.4, -0.2) is 34.2 Å². The van der Waals surface area contributed by atoms with Gasteiger partial charge in [-0.05, 0) is 37.6 Å². The van der Waals surface area contributed by atoms with Gasteiger partial charge in [-0.3, -0.25) is 4.79 Å². The minimum atomic E-state index is -0.496. The largest absolute Gasteiger partial charge is 0.493 e. The van der Waals surface area contributed by atoms with E-state index >= 15 is 0 Å². The number of hydrogen-bond acceptors (Lipinski definition) is 9. The van der Waals surface area contributed by atoms with Gasteiger partial charge in [-0.15, -0.1) is 22.7 Å². The average Bonchev–Trinajstić information content (AvgIpc) is 3.40. The van der Waals surface area contributed by atoms with Crippen molar-refractivity contribution in [2.45, 2.75) is 20.5 Å². The monoisotopic (exact) mass is 471 g/mol. The van der Waals surface area contributed by atoms with Gasteiger partial charge in [-0.2, -0.15) is 0 Å². The van der Waals surface area contributed by atoms with Gasteiger partial charge in [0.05, 0.1) is 31.1 Å². The number of methoxy groups -OCH3 is 1. The van der Waals surface area contributed by atoms with Crippen molar-refractivity contribution in [2.24, 2.45) is 7.05 Å². The summed E-state index contributed by atoms with van der Waals surface area (Å²) in [5.41, 5.74) is 1.93. The third-order valence-electron chi connectivity index (χ3n) is 4.81. The van der Waals surface area contributed by atoms with Gasteiger partial charge in [0.2, 0.25) is 0 Å². The van der Waals surface area contributed by atoms with E-state index in [0.717, 1.165) is 21.9 Å². The van der Waals surface area contributed by atoms with Crippen LogP contribution in [0.2, 0.25) is 0 Å². The number of thiophene rings is 1. The third kappa shape index (κ3) is 4.11. The van der Waals surface area contributed by atoms with Crippen LogP contribution in [0.1, 0.15) is 27.9 Å². The summed E-state index contributed by atoms with van der Waals surface area (Å²) in [6, 6.07) is 5.63. The number of carbonyl (C=O) groups excluding carboxylic acids is 1. The van der Waals surface area contributed by atoms with E-state index in [2.05, 4.69) is 9.97 Å². The molecule has 0 N–H and O–H groups in total. The molecular weight excluding hydrogens is 450 g/mol. The Morgan fingerprint density at radius 2 is 2.06 bits per heavy atom. The van der Waals surface area contributed by atoms with Gasteiger partial charge >= 0.3 is 5.97 Å². The molecule has 0 spiro atoms. The smallest absolute Gasteiger partial charge is 0.349 e. The molecule has 0 aliphatic carbocycles. The second-order valence-electron chi connectivity index (χ2n) is 6.92. The molecule has 1 aromatic carbocycles. The number of fused-ring (bicyclic) bond motifs is 1. The van der Waals surface area contributed by atoms with E-state index in [4.69, 9.17) is 14.2 Å². The minimum Gasteiger partial charge on any atom is -0.493 e. The Kier molecular flexibility index (Phi) is 6.24. The molecule has 0 radical (unpaired) electrons. The zero-order chi connectivity index (χ0) is 22.8. The van der Waals surface area contributed by atoms with Crippen molar-refractivity contribution in [1.29, 1.82) is 0 Å². The summed E-state index contributed by atoms with van der Waals surface area (Å²) >= 11 is 2.61. The van der Waals surface area contributed by atoms with Gasteiger partial charge in [0.15, 0.2) is 11.5 Å². The van der Waals surface area contributed by atoms with E-state index in [9.17, 15) is 9.59 Å². The highest BCUT2D eigenvalue weighted by Crippen LogP contribution is 2.34. The van der Waals surface area contributed by atoms with E-state index in [1.54, 1.807) is 21.1 Å². The molecule has 10 heteroatoms. The third-order valence-corrected chi connectivity index (χ3v) is 6.93. The lowest BCUT2D eigenvalue weighted by atomic mass is 10.2. The van der Waals surface area contributed by atoms with Crippen LogP contribution in [0.25, 0.3) is 20.8 Å². The average molecular weight is 472 g/mol. The molecule has 4 rings (SSSR count). The summed E-state index contributed by atoms with van der Waals surface area (Å²) in [5.74, 6) is 0.810. The fraction of sp³-hybridized carbons (Fsp3) is 0.273. The van der Waals surface area contributed by atoms with Crippen LogP contribution in [0.4, 0.5) is 0 Å². The van der Waals surface area contributed by atoms with Gasteiger partial charge in [0.25, 0.3) is 5.56 Å². The van der Waals surface area contributed by atoms with Crippen LogP contribution in [-0.2, 0) is 18.4 Å². The Bertz CT molecular complexity index is 1360. The Hall–Kier alpha value is -3.24. The topological polar surface area (TPSA) is 92.5 Å². The summed E-state index contributed by atoms with van der Waals surface area (Å²) in [5, 5.41) is 3.08. The molecule has 0 amide bonds. The Morgan fingerprint density at radius 1 is 1.25 bits per heavy atom. The molecular formula is C22H21N3O5S2. The summed E-state index contributed by atoms with van der Waals surface area (Å²) in [6.07, 6.45) is 1.45. The molecule has 0 fully saturated rings. The van der Waals surface area contributed by atoms with Crippen LogP contribution in [0.15, 0.2) is 34.7 Å². The Labute approximate surface area is 192 Å². The molecule has 0 aliphatic heterocycles. The number of aryl methyl sites for hydroxylation is 2. The lowest BCUT2D eigenvalue weighted by Crippen LogP contribution is -2.16. The molecule has 166 valence electrons. The molecule has 0 bridgehead atoms. The molecule has 3 heterocycles. The fourth-order valence-electron chi connectivity index (χ4n) is 3.19. The van der Waals surface area contributed by atoms with Gasteiger partial charge in [-0.1, -0.05) is 0 Å². The van der Waals surface area contributed by atoms with E-state index < -0.39 is 5.97 Å². The zero-order valence-electron chi connectivity index (χ0n) is 18.0. The van der Waals surface area contributed by atoms with Crippen molar-refractivity contribution in [3.05, 3.63) is 56.4 Å². The van der Waals surface area contributed by atoms with E-state index in [0.29, 0.717) is 44.5 Å². The van der Waals surface area contributed by atoms with Gasteiger partial charge in [0.1, 0.15) is 21.3 Å². The van der Waals surface area contributed by atoms with Gasteiger partial charge in [-0.25, -0.2) is 14.8 Å². The predicted molar refractivity (Wildman–Crippen MR) is 124 cm³/mol. The van der Waals surface area contributed by atoms with Gasteiger partial charge in [0, 0.05) is 18.0 Å². The van der Waals surface area contributed by atoms with Crippen LogP contribution in [0, 0.1) is 6.92 Å². The molecule has 0 unspecified atom stereocenters. The summed E-state index contributed by atoms with van der Waals surface area (Å²) in [7, 11) is 3.22. The van der Waals surface area contributed by atoms with Crippen LogP contribution < -0.4 is 15.0 Å². The number of carbonyl (C=O) groups is 1. The van der Waals surface area contributed by atoms with Crippen molar-refractivity contribution >= 4 is 38.9 Å². The first-order valence-corrected chi connectivity index (χ1v) is 11.5. The highest BCUT2D eigenvalue weighted by molar-refractivity contribution is 7.20. The second-order valence-corrected chi connectivity index (χ2v) is 8.77. The molecule has 8 nitrogen and oxygen atoms in total. The number of esters is 1. The highest BCUT2D eigenvalue weighted by Gasteiger charge is 2.20. The van der Waals surface area contributed by atoms with Crippen LogP contribution >= 0.6 is 22.7 Å². The molecule has 0 saturated heterocycles. The Balaban J connectivity index is 1.50. The number of thiazole rings is 1. The maximum absolute atomic E-state index is 12.7. The lowest BCUT2D eigenvalue weighted by molar-refractivity contribution is 0.0473. The predicted octanol–water partition coefficient (Wildman–Crippen LogP) is 4.19. The van der Waals surface area contributed by atoms with Crippen molar-refractivity contribution < 1.29 is 19.0 Å². The van der Waals surface area contributed by atoms with Crippen molar-refractivity contribution in [2.75, 3.05) is 13.7 Å². The summed E-state index contributed by atoms with van der Waals surface area (Å²) in [6.45, 7) is 4.23. The first kappa shape index (κ1) is 22.0. The molecule has 0 saturated carbocycles. The number of rotatable bonds is 7. The highest BCUT2D eigenvalue weighted by atomic mass is 32.1. The Morgan fingerprint density at radius 3 is 2.81 bits per heavy atom. The van der Waals surface area contributed by atoms with E-state index in [1.165, 1.54) is 22.2 Å². The minimum absolute atomic E-state index is 0.0304. The maximum atomic E-state index is 12.7. The number of benzene rings is 1. The number of aromatic nitrogens is 3. The normalized spacial score (nSPS) is 11.0. The molecule has 3 aromatic heterocycles. The SMILES string of the molecule is CCOc1ccc(-c2nc(COC(=O)c3sc4ncn(C)c(=O)c4c3C)cs2)cc1OC. The zero-order valence-corrected chi connectivity index (χ0v) is 19.6. The molecule has 4 aromatic rings. The fourth-order valence-corrected chi connectivity index (χ4v) is 5.02. The van der Waals surface area contributed by atoms with Gasteiger partial charge < -0.3 is 18.8 Å². The summed E-state index contributed by atoms with van der Waals surface area (Å²) in [4.78, 5) is 34.7. The second kappa shape index (κ2) is 9.09. The van der Waals surface area contributed by atoms with E-state index in [-0.39, 0.29) is 12.2 Å². The molecule has 0 aliphatic rings. The number of ether oxygens (including phenoxy) is 3. The number of hydrogen-bond donors (Lipinski definition) is 0. The first-order chi connectivity index (χ1) is 15.4.